The third kappa shape index (κ3) is 3.97. The lowest BCUT2D eigenvalue weighted by Gasteiger charge is -2.34. The van der Waals surface area contributed by atoms with E-state index in [9.17, 15) is 4.79 Å². The minimum atomic E-state index is -0.147. The van der Waals surface area contributed by atoms with Crippen LogP contribution in [0, 0.1) is 0 Å². The first kappa shape index (κ1) is 19.1. The molecule has 0 bridgehead atoms. The second-order valence-corrected chi connectivity index (χ2v) is 7.96. The summed E-state index contributed by atoms with van der Waals surface area (Å²) >= 11 is 12.0. The van der Waals surface area contributed by atoms with Crippen molar-refractivity contribution in [3.63, 3.8) is 0 Å². The van der Waals surface area contributed by atoms with Crippen LogP contribution >= 0.6 is 23.2 Å². The van der Waals surface area contributed by atoms with Crippen molar-refractivity contribution in [2.75, 3.05) is 38.1 Å². The van der Waals surface area contributed by atoms with E-state index >= 15 is 0 Å². The molecule has 1 aromatic heterocycles. The van der Waals surface area contributed by atoms with Crippen LogP contribution in [0.3, 0.4) is 0 Å². The van der Waals surface area contributed by atoms with Crippen molar-refractivity contribution in [3.8, 4) is 0 Å². The first-order valence-corrected chi connectivity index (χ1v) is 10.0. The number of carbonyl (C=O) groups excluding carboxylic acids is 1. The van der Waals surface area contributed by atoms with Crippen LogP contribution in [-0.4, -0.2) is 49.0 Å². The van der Waals surface area contributed by atoms with Gasteiger partial charge in [-0.2, -0.15) is 0 Å². The van der Waals surface area contributed by atoms with Crippen LogP contribution in [0.4, 0.5) is 5.69 Å². The van der Waals surface area contributed by atoms with Crippen LogP contribution in [-0.2, 0) is 6.54 Å². The number of nitrogens with zero attached hydrogens (tertiary/aromatic N) is 2. The average molecular weight is 417 g/mol. The maximum absolute atomic E-state index is 12.6. The van der Waals surface area contributed by atoms with Gasteiger partial charge in [-0.1, -0.05) is 35.3 Å². The Kier molecular flexibility index (Phi) is 5.49. The number of nitrogens with one attached hydrogen (secondary N) is 2. The summed E-state index contributed by atoms with van der Waals surface area (Å²) in [5.74, 6) is -0.147. The number of piperazine rings is 1. The van der Waals surface area contributed by atoms with Gasteiger partial charge in [-0.15, -0.1) is 0 Å². The van der Waals surface area contributed by atoms with Gasteiger partial charge in [0.05, 0.1) is 10.0 Å². The fourth-order valence-corrected chi connectivity index (χ4v) is 3.83. The number of hydrogen-bond donors (Lipinski definition) is 2. The largest absolute Gasteiger partial charge is 0.368 e. The summed E-state index contributed by atoms with van der Waals surface area (Å²) in [7, 11) is 2.14. The molecule has 28 heavy (non-hydrogen) atoms. The second-order valence-electron chi connectivity index (χ2n) is 7.14. The minimum absolute atomic E-state index is 0.147. The summed E-state index contributed by atoms with van der Waals surface area (Å²) in [5.41, 5.74) is 3.59. The zero-order valence-corrected chi connectivity index (χ0v) is 17.1. The number of hydrogen-bond acceptors (Lipinski definition) is 3. The third-order valence-electron chi connectivity index (χ3n) is 5.17. The number of amides is 1. The zero-order valence-electron chi connectivity index (χ0n) is 15.6. The summed E-state index contributed by atoms with van der Waals surface area (Å²) < 4.78 is 0. The van der Waals surface area contributed by atoms with Crippen LogP contribution < -0.4 is 10.2 Å². The minimum Gasteiger partial charge on any atom is -0.368 e. The quantitative estimate of drug-likeness (QED) is 0.671. The molecule has 0 saturated carbocycles. The molecule has 1 fully saturated rings. The van der Waals surface area contributed by atoms with E-state index in [0.717, 1.165) is 42.6 Å². The normalized spacial score (nSPS) is 15.2. The Morgan fingerprint density at radius 3 is 2.61 bits per heavy atom. The Labute approximate surface area is 174 Å². The summed E-state index contributed by atoms with van der Waals surface area (Å²) in [4.78, 5) is 20.6. The number of halogens is 2. The SMILES string of the molecule is CN1CCN(c2cccc3[nH]c(C(=O)NCc4ccc(Cl)c(Cl)c4)cc23)CC1. The van der Waals surface area contributed by atoms with Gasteiger partial charge in [-0.3, -0.25) is 4.79 Å². The van der Waals surface area contributed by atoms with E-state index in [2.05, 4.69) is 33.2 Å². The average Bonchev–Trinajstić information content (AvgIpc) is 3.14. The Morgan fingerprint density at radius 1 is 1.07 bits per heavy atom. The standard InChI is InChI=1S/C21H22Cl2N4O/c1-26-7-9-27(10-8-26)20-4-2-3-18-15(20)12-19(25-18)21(28)24-13-14-5-6-16(22)17(23)11-14/h2-6,11-12,25H,7-10,13H2,1H3,(H,24,28). The molecule has 1 saturated heterocycles. The maximum atomic E-state index is 12.6. The monoisotopic (exact) mass is 416 g/mol. The molecule has 1 amide bonds. The van der Waals surface area contributed by atoms with Crippen molar-refractivity contribution < 1.29 is 4.79 Å². The first-order chi connectivity index (χ1) is 13.5. The van der Waals surface area contributed by atoms with Crippen molar-refractivity contribution in [1.29, 1.82) is 0 Å². The number of likely N-dealkylation sites (N-methyl/N-ethyl adjacent to an activating group) is 1. The summed E-state index contributed by atoms with van der Waals surface area (Å²) in [6, 6.07) is 13.4. The molecule has 1 aliphatic heterocycles. The second kappa shape index (κ2) is 8.03. The van der Waals surface area contributed by atoms with E-state index in [1.54, 1.807) is 12.1 Å². The number of anilines is 1. The van der Waals surface area contributed by atoms with Crippen molar-refractivity contribution >= 4 is 45.7 Å². The maximum Gasteiger partial charge on any atom is 0.267 e. The molecule has 1 aliphatic rings. The molecule has 146 valence electrons. The number of aromatic amines is 1. The molecule has 0 unspecified atom stereocenters. The molecular formula is C21H22Cl2N4O. The number of fused-ring (bicyclic) bond motifs is 1. The fraction of sp³-hybridized carbons (Fsp3) is 0.286. The van der Waals surface area contributed by atoms with Gasteiger partial charge in [0.25, 0.3) is 5.91 Å². The molecule has 4 rings (SSSR count). The van der Waals surface area contributed by atoms with Crippen molar-refractivity contribution in [1.82, 2.24) is 15.2 Å². The van der Waals surface area contributed by atoms with E-state index in [1.807, 2.05) is 24.3 Å². The highest BCUT2D eigenvalue weighted by molar-refractivity contribution is 6.42. The van der Waals surface area contributed by atoms with Gasteiger partial charge in [0.15, 0.2) is 0 Å². The topological polar surface area (TPSA) is 51.4 Å². The molecule has 0 aliphatic carbocycles. The predicted molar refractivity (Wildman–Crippen MR) is 116 cm³/mol. The Balaban J connectivity index is 1.51. The molecule has 0 atom stereocenters. The highest BCUT2D eigenvalue weighted by Gasteiger charge is 2.18. The number of carbonyl (C=O) groups is 1. The molecule has 2 aromatic carbocycles. The Hall–Kier alpha value is -2.21. The third-order valence-corrected chi connectivity index (χ3v) is 5.91. The van der Waals surface area contributed by atoms with E-state index in [-0.39, 0.29) is 5.91 Å². The van der Waals surface area contributed by atoms with Gasteiger partial charge in [0.2, 0.25) is 0 Å². The molecule has 5 nitrogen and oxygen atoms in total. The first-order valence-electron chi connectivity index (χ1n) is 9.28. The summed E-state index contributed by atoms with van der Waals surface area (Å²) in [5, 5.41) is 5.00. The molecular weight excluding hydrogens is 395 g/mol. The Bertz CT molecular complexity index is 1010. The molecule has 3 aromatic rings. The molecule has 0 radical (unpaired) electrons. The van der Waals surface area contributed by atoms with Crippen LogP contribution in [0.15, 0.2) is 42.5 Å². The molecule has 2 N–H and O–H groups in total. The molecule has 7 heteroatoms. The number of benzene rings is 2. The van der Waals surface area contributed by atoms with Crippen LogP contribution in [0.2, 0.25) is 10.0 Å². The van der Waals surface area contributed by atoms with Crippen LogP contribution in [0.5, 0.6) is 0 Å². The lowest BCUT2D eigenvalue weighted by Crippen LogP contribution is -2.44. The number of rotatable bonds is 4. The van der Waals surface area contributed by atoms with Gasteiger partial charge in [-0.05, 0) is 42.9 Å². The van der Waals surface area contributed by atoms with E-state index in [0.29, 0.717) is 22.3 Å². The molecule has 0 spiro atoms. The summed E-state index contributed by atoms with van der Waals surface area (Å²) in [6.07, 6.45) is 0. The van der Waals surface area contributed by atoms with Crippen LogP contribution in [0.25, 0.3) is 10.9 Å². The van der Waals surface area contributed by atoms with E-state index in [1.165, 1.54) is 5.69 Å². The zero-order chi connectivity index (χ0) is 19.7. The van der Waals surface area contributed by atoms with Crippen molar-refractivity contribution in [2.24, 2.45) is 0 Å². The van der Waals surface area contributed by atoms with Crippen molar-refractivity contribution in [3.05, 3.63) is 63.8 Å². The van der Waals surface area contributed by atoms with Gasteiger partial charge in [0.1, 0.15) is 5.69 Å². The lowest BCUT2D eigenvalue weighted by molar-refractivity contribution is 0.0947. The van der Waals surface area contributed by atoms with Gasteiger partial charge in [0, 0.05) is 49.3 Å². The fourth-order valence-electron chi connectivity index (χ4n) is 3.51. The summed E-state index contributed by atoms with van der Waals surface area (Å²) in [6.45, 7) is 4.44. The van der Waals surface area contributed by atoms with Crippen LogP contribution in [0.1, 0.15) is 16.1 Å². The van der Waals surface area contributed by atoms with Gasteiger partial charge < -0.3 is 20.1 Å². The van der Waals surface area contributed by atoms with Gasteiger partial charge in [-0.25, -0.2) is 0 Å². The highest BCUT2D eigenvalue weighted by atomic mass is 35.5. The molecule has 2 heterocycles. The van der Waals surface area contributed by atoms with E-state index in [4.69, 9.17) is 23.2 Å². The lowest BCUT2D eigenvalue weighted by atomic mass is 10.1. The van der Waals surface area contributed by atoms with E-state index < -0.39 is 0 Å². The number of aromatic nitrogens is 1. The smallest absolute Gasteiger partial charge is 0.267 e. The predicted octanol–water partition coefficient (Wildman–Crippen LogP) is 4.16. The highest BCUT2D eigenvalue weighted by Crippen LogP contribution is 2.28. The van der Waals surface area contributed by atoms with Crippen molar-refractivity contribution in [2.45, 2.75) is 6.54 Å². The number of H-pyrrole nitrogens is 1. The Morgan fingerprint density at radius 2 is 1.86 bits per heavy atom. The van der Waals surface area contributed by atoms with Gasteiger partial charge >= 0.3 is 0 Å².